The summed E-state index contributed by atoms with van der Waals surface area (Å²) in [5.41, 5.74) is 2.84. The predicted molar refractivity (Wildman–Crippen MR) is 173 cm³/mol. The Hall–Kier alpha value is -3.45. The van der Waals surface area contributed by atoms with Crippen LogP contribution < -0.4 is 16.0 Å². The number of hydrogen-bond acceptors (Lipinski definition) is 6. The van der Waals surface area contributed by atoms with Crippen LogP contribution in [0.3, 0.4) is 0 Å². The first-order chi connectivity index (χ1) is 20.7. The molecule has 1 aromatic heterocycles. The van der Waals surface area contributed by atoms with E-state index in [2.05, 4.69) is 43.5 Å². The molecular weight excluding hydrogens is 663 g/mol. The monoisotopic (exact) mass is 704 g/mol. The minimum atomic E-state index is -0.865. The zero-order chi connectivity index (χ0) is 31.2. The Balaban J connectivity index is 1.50. The van der Waals surface area contributed by atoms with Crippen molar-refractivity contribution in [2.75, 3.05) is 26.9 Å². The number of benzene rings is 2. The number of para-hydroxylation sites is 1. The number of hydrogen-bond donors (Lipinski definition) is 4. The van der Waals surface area contributed by atoms with E-state index in [9.17, 15) is 19.2 Å². The first-order valence-electron chi connectivity index (χ1n) is 14.4. The van der Waals surface area contributed by atoms with Crippen molar-refractivity contribution in [1.82, 2.24) is 20.9 Å². The van der Waals surface area contributed by atoms with Crippen molar-refractivity contribution in [1.29, 1.82) is 0 Å². The van der Waals surface area contributed by atoms with E-state index >= 15 is 0 Å². The number of aromatic amines is 1. The van der Waals surface area contributed by atoms with Gasteiger partial charge >= 0.3 is 5.97 Å². The van der Waals surface area contributed by atoms with Gasteiger partial charge in [0.05, 0.1) is 26.2 Å². The van der Waals surface area contributed by atoms with Crippen LogP contribution in [0.4, 0.5) is 0 Å². The fraction of sp³-hybridized carbons (Fsp3) is 0.438. The number of methoxy groups -OCH3 is 1. The maximum atomic E-state index is 13.2. The number of esters is 1. The van der Waals surface area contributed by atoms with Gasteiger partial charge in [0.2, 0.25) is 17.7 Å². The lowest BCUT2D eigenvalue weighted by atomic mass is 9.93. The highest BCUT2D eigenvalue weighted by Crippen LogP contribution is 2.20. The highest BCUT2D eigenvalue weighted by molar-refractivity contribution is 14.1. The fourth-order valence-corrected chi connectivity index (χ4v) is 5.09. The van der Waals surface area contributed by atoms with Crippen LogP contribution in [0.5, 0.6) is 0 Å². The van der Waals surface area contributed by atoms with Gasteiger partial charge in [-0.2, -0.15) is 0 Å². The molecule has 3 rings (SSSR count). The number of H-pyrrole nitrogens is 1. The summed E-state index contributed by atoms with van der Waals surface area (Å²) in [5, 5.41) is 9.49. The number of halogens is 1. The largest absolute Gasteiger partial charge is 0.469 e. The summed E-state index contributed by atoms with van der Waals surface area (Å²) in [7, 11) is 1.31. The number of nitrogens with one attached hydrogen (secondary N) is 4. The fourth-order valence-electron chi connectivity index (χ4n) is 4.73. The summed E-state index contributed by atoms with van der Waals surface area (Å²) in [6.07, 6.45) is 2.73. The Morgan fingerprint density at radius 2 is 1.70 bits per heavy atom. The van der Waals surface area contributed by atoms with Crippen molar-refractivity contribution in [2.24, 2.45) is 11.8 Å². The molecule has 0 saturated carbocycles. The van der Waals surface area contributed by atoms with Crippen molar-refractivity contribution in [3.63, 3.8) is 0 Å². The SMILES string of the molecule is COC(=O)[C@@H](CC(=O)N[C@@H](Cc1c[nH]c2ccccc12)C(=O)NCCOCCC(=O)NCc1ccc(I)cc1)CC(C)C. The highest BCUT2D eigenvalue weighted by atomic mass is 127. The summed E-state index contributed by atoms with van der Waals surface area (Å²) in [4.78, 5) is 53.8. The number of carbonyl (C=O) groups excluding carboxylic acids is 4. The molecule has 3 aromatic rings. The van der Waals surface area contributed by atoms with E-state index in [1.807, 2.05) is 68.6 Å². The lowest BCUT2D eigenvalue weighted by molar-refractivity contribution is -0.148. The number of carbonyl (C=O) groups is 4. The van der Waals surface area contributed by atoms with Gasteiger partial charge in [-0.25, -0.2) is 0 Å². The molecule has 0 bridgehead atoms. The summed E-state index contributed by atoms with van der Waals surface area (Å²) < 4.78 is 11.6. The molecule has 0 aliphatic carbocycles. The van der Waals surface area contributed by atoms with Gasteiger partial charge in [0, 0.05) is 53.0 Å². The Labute approximate surface area is 266 Å². The van der Waals surface area contributed by atoms with Crippen molar-refractivity contribution >= 4 is 57.2 Å². The summed E-state index contributed by atoms with van der Waals surface area (Å²) in [6, 6.07) is 14.8. The van der Waals surface area contributed by atoms with Gasteiger partial charge in [-0.15, -0.1) is 0 Å². The molecule has 10 nitrogen and oxygen atoms in total. The average molecular weight is 705 g/mol. The van der Waals surface area contributed by atoms with Gasteiger partial charge < -0.3 is 30.4 Å². The third kappa shape index (κ3) is 11.6. The van der Waals surface area contributed by atoms with E-state index in [1.165, 1.54) is 7.11 Å². The van der Waals surface area contributed by atoms with Gasteiger partial charge in [-0.3, -0.25) is 19.2 Å². The zero-order valence-corrected chi connectivity index (χ0v) is 27.1. The standard InChI is InChI=1S/C32H41IN4O6/c1-21(2)16-23(32(41)42-3)18-30(39)37-28(17-24-20-35-27-7-5-4-6-26(24)27)31(40)34-13-15-43-14-12-29(38)36-19-22-8-10-25(33)11-9-22/h4-11,20-21,23,28,35H,12-19H2,1-3H3,(H,34,40)(H,36,38)(H,37,39)/t23-,28+/m1/s1. The molecule has 0 saturated heterocycles. The maximum Gasteiger partial charge on any atom is 0.309 e. The van der Waals surface area contributed by atoms with Crippen LogP contribution in [-0.4, -0.2) is 61.6 Å². The van der Waals surface area contributed by atoms with Gasteiger partial charge in [0.1, 0.15) is 6.04 Å². The second-order valence-corrected chi connectivity index (χ2v) is 12.0. The third-order valence-electron chi connectivity index (χ3n) is 6.89. The first-order valence-corrected chi connectivity index (χ1v) is 15.5. The van der Waals surface area contributed by atoms with Crippen LogP contribution in [0.2, 0.25) is 0 Å². The van der Waals surface area contributed by atoms with Crippen LogP contribution in [-0.2, 0) is 41.6 Å². The van der Waals surface area contributed by atoms with Gasteiger partial charge in [0.15, 0.2) is 0 Å². The third-order valence-corrected chi connectivity index (χ3v) is 7.61. The van der Waals surface area contributed by atoms with E-state index in [0.717, 1.165) is 25.6 Å². The van der Waals surface area contributed by atoms with Crippen LogP contribution in [0, 0.1) is 15.4 Å². The van der Waals surface area contributed by atoms with Gasteiger partial charge in [-0.05, 0) is 64.3 Å². The summed E-state index contributed by atoms with van der Waals surface area (Å²) >= 11 is 2.23. The van der Waals surface area contributed by atoms with Gasteiger partial charge in [-0.1, -0.05) is 44.2 Å². The van der Waals surface area contributed by atoms with E-state index < -0.39 is 23.8 Å². The molecular formula is C32H41IN4O6. The number of fused-ring (bicyclic) bond motifs is 1. The molecule has 0 aliphatic heterocycles. The predicted octanol–water partition coefficient (Wildman–Crippen LogP) is 3.86. The smallest absolute Gasteiger partial charge is 0.309 e. The topological polar surface area (TPSA) is 139 Å². The summed E-state index contributed by atoms with van der Waals surface area (Å²) in [6.45, 7) is 5.04. The minimum Gasteiger partial charge on any atom is -0.469 e. The molecule has 1 heterocycles. The molecule has 0 radical (unpaired) electrons. The highest BCUT2D eigenvalue weighted by Gasteiger charge is 2.27. The van der Waals surface area contributed by atoms with E-state index in [1.54, 1.807) is 0 Å². The second kappa shape index (κ2) is 17.6. The Morgan fingerprint density at radius 3 is 2.42 bits per heavy atom. The van der Waals surface area contributed by atoms with Crippen molar-refractivity contribution in [3.8, 4) is 0 Å². The number of rotatable bonds is 17. The van der Waals surface area contributed by atoms with Crippen molar-refractivity contribution < 1.29 is 28.7 Å². The Morgan fingerprint density at radius 1 is 0.953 bits per heavy atom. The lowest BCUT2D eigenvalue weighted by Gasteiger charge is -2.21. The molecule has 2 aromatic carbocycles. The first kappa shape index (κ1) is 34.0. The molecule has 3 amide bonds. The quantitative estimate of drug-likeness (QED) is 0.0957. The van der Waals surface area contributed by atoms with Gasteiger partial charge in [0.25, 0.3) is 0 Å². The Bertz CT molecular complexity index is 1360. The normalized spacial score (nSPS) is 12.5. The zero-order valence-electron chi connectivity index (χ0n) is 24.9. The van der Waals surface area contributed by atoms with Crippen LogP contribution in [0.25, 0.3) is 10.9 Å². The van der Waals surface area contributed by atoms with Crippen molar-refractivity contribution in [3.05, 3.63) is 69.4 Å². The molecule has 0 aliphatic rings. The number of amides is 3. The van der Waals surface area contributed by atoms with E-state index in [0.29, 0.717) is 13.0 Å². The van der Waals surface area contributed by atoms with Crippen LogP contribution in [0.15, 0.2) is 54.7 Å². The summed E-state index contributed by atoms with van der Waals surface area (Å²) in [5.74, 6) is -1.72. The maximum absolute atomic E-state index is 13.2. The molecule has 43 heavy (non-hydrogen) atoms. The lowest BCUT2D eigenvalue weighted by Crippen LogP contribution is -2.49. The molecule has 232 valence electrons. The molecule has 0 fully saturated rings. The van der Waals surface area contributed by atoms with Crippen LogP contribution >= 0.6 is 22.6 Å². The molecule has 0 spiro atoms. The van der Waals surface area contributed by atoms with E-state index in [-0.39, 0.29) is 56.8 Å². The average Bonchev–Trinajstić information content (AvgIpc) is 3.39. The molecule has 0 unspecified atom stereocenters. The van der Waals surface area contributed by atoms with Crippen LogP contribution in [0.1, 0.15) is 44.2 Å². The molecule has 2 atom stereocenters. The van der Waals surface area contributed by atoms with Crippen molar-refractivity contribution in [2.45, 2.75) is 52.1 Å². The Kier molecular flexibility index (Phi) is 13.9. The molecule has 11 heteroatoms. The second-order valence-electron chi connectivity index (χ2n) is 10.8. The molecule has 4 N–H and O–H groups in total. The van der Waals surface area contributed by atoms with E-state index in [4.69, 9.17) is 9.47 Å². The number of aromatic nitrogens is 1. The minimum absolute atomic E-state index is 0.0722. The number of ether oxygens (including phenoxy) is 2.